The van der Waals surface area contributed by atoms with Crippen molar-refractivity contribution in [3.8, 4) is 11.3 Å². The molecule has 1 atom stereocenters. The maximum atomic E-state index is 4.88. The van der Waals surface area contributed by atoms with Crippen LogP contribution in [-0.2, 0) is 6.42 Å². The van der Waals surface area contributed by atoms with Crippen molar-refractivity contribution in [1.29, 1.82) is 0 Å². The van der Waals surface area contributed by atoms with Crippen LogP contribution in [-0.4, -0.2) is 47.9 Å². The maximum Gasteiger partial charge on any atom is 0.221 e. The fourth-order valence-electron chi connectivity index (χ4n) is 3.84. The number of hydrogen-bond acceptors (Lipinski definition) is 6. The van der Waals surface area contributed by atoms with Crippen molar-refractivity contribution in [2.45, 2.75) is 19.3 Å². The van der Waals surface area contributed by atoms with Gasteiger partial charge in [0.1, 0.15) is 6.33 Å². The van der Waals surface area contributed by atoms with Crippen molar-refractivity contribution in [3.63, 3.8) is 0 Å². The molecule has 4 aromatic rings. The standard InChI is InChI=1S/C19H20N8/c1-2-7-27-18(5-1)16(10-23-27)17-11-20-9-15(24-17)8-14-4-3-6-26(12-14)19-21-13-22-25-19/h1-2,5,7,9-11,13-14H,3-4,6,8,12H2,(H,21,22,25)/t14-/m0/s1. The van der Waals surface area contributed by atoms with Gasteiger partial charge in [0.15, 0.2) is 0 Å². The average Bonchev–Trinajstić information content (AvgIpc) is 3.39. The number of nitrogens with one attached hydrogen (secondary N) is 1. The highest BCUT2D eigenvalue weighted by atomic mass is 15.3. The molecule has 1 fully saturated rings. The lowest BCUT2D eigenvalue weighted by atomic mass is 9.93. The van der Waals surface area contributed by atoms with Gasteiger partial charge in [0.05, 0.1) is 29.3 Å². The van der Waals surface area contributed by atoms with E-state index < -0.39 is 0 Å². The van der Waals surface area contributed by atoms with Crippen LogP contribution < -0.4 is 4.90 Å². The molecule has 5 rings (SSSR count). The van der Waals surface area contributed by atoms with E-state index in [9.17, 15) is 0 Å². The number of rotatable bonds is 4. The van der Waals surface area contributed by atoms with E-state index in [1.165, 1.54) is 6.42 Å². The van der Waals surface area contributed by atoms with Gasteiger partial charge in [-0.25, -0.2) is 14.6 Å². The first kappa shape index (κ1) is 15.9. The summed E-state index contributed by atoms with van der Waals surface area (Å²) in [4.78, 5) is 15.9. The second-order valence-electron chi connectivity index (χ2n) is 6.95. The van der Waals surface area contributed by atoms with Gasteiger partial charge < -0.3 is 4.90 Å². The van der Waals surface area contributed by atoms with Gasteiger partial charge in [-0.3, -0.25) is 4.98 Å². The Morgan fingerprint density at radius 3 is 3.11 bits per heavy atom. The molecule has 136 valence electrons. The zero-order valence-corrected chi connectivity index (χ0v) is 14.9. The quantitative estimate of drug-likeness (QED) is 0.601. The highest BCUT2D eigenvalue weighted by Gasteiger charge is 2.22. The predicted molar refractivity (Wildman–Crippen MR) is 101 cm³/mol. The SMILES string of the molecule is c1ccn2ncc(-c3cncc(C[C@@H]4CCCN(c5ncn[nH]5)C4)n3)c2c1. The first-order valence-corrected chi connectivity index (χ1v) is 9.21. The monoisotopic (exact) mass is 360 g/mol. The molecule has 8 heteroatoms. The van der Waals surface area contributed by atoms with Gasteiger partial charge in [0.25, 0.3) is 0 Å². The number of hydrogen-bond donors (Lipinski definition) is 1. The van der Waals surface area contributed by atoms with Crippen molar-refractivity contribution in [2.24, 2.45) is 5.92 Å². The van der Waals surface area contributed by atoms with Crippen LogP contribution in [0.3, 0.4) is 0 Å². The summed E-state index contributed by atoms with van der Waals surface area (Å²) in [6, 6.07) is 6.03. The summed E-state index contributed by atoms with van der Waals surface area (Å²) in [6.45, 7) is 1.97. The highest BCUT2D eigenvalue weighted by Crippen LogP contribution is 2.25. The molecule has 0 saturated carbocycles. The molecule has 0 aliphatic carbocycles. The summed E-state index contributed by atoms with van der Waals surface area (Å²) in [6.07, 6.45) is 12.3. The number of anilines is 1. The average molecular weight is 360 g/mol. The van der Waals surface area contributed by atoms with Gasteiger partial charge in [0, 0.05) is 31.0 Å². The second kappa shape index (κ2) is 6.79. The minimum atomic E-state index is 0.525. The van der Waals surface area contributed by atoms with Crippen LogP contribution in [0, 0.1) is 5.92 Å². The number of aromatic nitrogens is 7. The number of pyridine rings is 1. The molecule has 1 aliphatic heterocycles. The number of piperidine rings is 1. The molecule has 4 aromatic heterocycles. The molecule has 8 nitrogen and oxygen atoms in total. The Morgan fingerprint density at radius 1 is 1.19 bits per heavy atom. The van der Waals surface area contributed by atoms with E-state index in [0.29, 0.717) is 5.92 Å². The molecule has 1 saturated heterocycles. The van der Waals surface area contributed by atoms with Gasteiger partial charge in [-0.2, -0.15) is 15.2 Å². The van der Waals surface area contributed by atoms with Crippen LogP contribution in [0.1, 0.15) is 18.5 Å². The summed E-state index contributed by atoms with van der Waals surface area (Å²) >= 11 is 0. The van der Waals surface area contributed by atoms with Gasteiger partial charge in [-0.1, -0.05) is 6.07 Å². The molecule has 1 aliphatic rings. The Kier molecular flexibility index (Phi) is 4.00. The number of fused-ring (bicyclic) bond motifs is 1. The van der Waals surface area contributed by atoms with Gasteiger partial charge in [-0.05, 0) is 37.3 Å². The molecule has 0 radical (unpaired) electrons. The molecule has 0 aromatic carbocycles. The molecule has 0 spiro atoms. The fraction of sp³-hybridized carbons (Fsp3) is 0.316. The number of nitrogens with zero attached hydrogens (tertiary/aromatic N) is 7. The first-order chi connectivity index (χ1) is 13.4. The van der Waals surface area contributed by atoms with E-state index >= 15 is 0 Å². The van der Waals surface area contributed by atoms with E-state index in [2.05, 4.69) is 30.2 Å². The Hall–Kier alpha value is -3.29. The third-order valence-corrected chi connectivity index (χ3v) is 5.11. The Bertz CT molecular complexity index is 1040. The predicted octanol–water partition coefficient (Wildman–Crippen LogP) is 2.37. The minimum Gasteiger partial charge on any atom is -0.341 e. The van der Waals surface area contributed by atoms with E-state index in [0.717, 1.165) is 54.3 Å². The highest BCUT2D eigenvalue weighted by molar-refractivity contribution is 5.77. The maximum absolute atomic E-state index is 4.88. The van der Waals surface area contributed by atoms with Crippen LogP contribution in [0.5, 0.6) is 0 Å². The fourth-order valence-corrected chi connectivity index (χ4v) is 3.84. The van der Waals surface area contributed by atoms with Crippen LogP contribution in [0.15, 0.2) is 49.3 Å². The van der Waals surface area contributed by atoms with E-state index in [4.69, 9.17) is 4.98 Å². The molecule has 5 heterocycles. The molecule has 0 bridgehead atoms. The van der Waals surface area contributed by atoms with Crippen LogP contribution >= 0.6 is 0 Å². The second-order valence-corrected chi connectivity index (χ2v) is 6.95. The van der Waals surface area contributed by atoms with Crippen molar-refractivity contribution in [3.05, 3.63) is 55.0 Å². The largest absolute Gasteiger partial charge is 0.341 e. The molecule has 27 heavy (non-hydrogen) atoms. The molecule has 0 unspecified atom stereocenters. The molecular formula is C19H20N8. The van der Waals surface area contributed by atoms with E-state index in [-0.39, 0.29) is 0 Å². The third kappa shape index (κ3) is 3.14. The minimum absolute atomic E-state index is 0.525. The normalized spacial score (nSPS) is 17.5. The number of H-pyrrole nitrogens is 1. The summed E-state index contributed by atoms with van der Waals surface area (Å²) in [5.41, 5.74) is 3.94. The molecule has 1 N–H and O–H groups in total. The van der Waals surface area contributed by atoms with Gasteiger partial charge >= 0.3 is 0 Å². The molecular weight excluding hydrogens is 340 g/mol. The van der Waals surface area contributed by atoms with Crippen LogP contribution in [0.25, 0.3) is 16.8 Å². The summed E-state index contributed by atoms with van der Waals surface area (Å²) in [7, 11) is 0. The molecule has 0 amide bonds. The van der Waals surface area contributed by atoms with Crippen LogP contribution in [0.2, 0.25) is 0 Å². The Morgan fingerprint density at radius 2 is 2.19 bits per heavy atom. The Balaban J connectivity index is 1.36. The van der Waals surface area contributed by atoms with Crippen LogP contribution in [0.4, 0.5) is 5.95 Å². The zero-order valence-electron chi connectivity index (χ0n) is 14.9. The Labute approximate surface area is 156 Å². The first-order valence-electron chi connectivity index (χ1n) is 9.21. The van der Waals surface area contributed by atoms with Crippen molar-refractivity contribution in [1.82, 2.24) is 34.8 Å². The van der Waals surface area contributed by atoms with Crippen molar-refractivity contribution in [2.75, 3.05) is 18.0 Å². The lowest BCUT2D eigenvalue weighted by Crippen LogP contribution is -2.37. The van der Waals surface area contributed by atoms with Gasteiger partial charge in [-0.15, -0.1) is 0 Å². The van der Waals surface area contributed by atoms with E-state index in [1.807, 2.05) is 47.5 Å². The topological polar surface area (TPSA) is 87.9 Å². The summed E-state index contributed by atoms with van der Waals surface area (Å²) in [5.74, 6) is 1.38. The zero-order chi connectivity index (χ0) is 18.1. The lowest BCUT2D eigenvalue weighted by molar-refractivity contribution is 0.406. The van der Waals surface area contributed by atoms with Crippen molar-refractivity contribution >= 4 is 11.5 Å². The van der Waals surface area contributed by atoms with Gasteiger partial charge in [0.2, 0.25) is 5.95 Å². The summed E-state index contributed by atoms with van der Waals surface area (Å²) < 4.78 is 1.86. The summed E-state index contributed by atoms with van der Waals surface area (Å²) in [5, 5.41) is 11.3. The smallest absolute Gasteiger partial charge is 0.221 e. The number of aromatic amines is 1. The van der Waals surface area contributed by atoms with Crippen molar-refractivity contribution < 1.29 is 0 Å². The third-order valence-electron chi connectivity index (χ3n) is 5.11. The lowest BCUT2D eigenvalue weighted by Gasteiger charge is -2.32. The van der Waals surface area contributed by atoms with E-state index in [1.54, 1.807) is 6.33 Å².